The molecule has 53 heavy (non-hydrogen) atoms. The highest BCUT2D eigenvalue weighted by Gasteiger charge is 2.21. The molecule has 0 spiro atoms. The molecule has 5 N–H and O–H groups in total. The molecule has 6 aromatic heterocycles. The number of nitrogens with two attached hydrogens (primary N) is 2. The lowest BCUT2D eigenvalue weighted by atomic mass is 10.1. The number of anilines is 3. The Labute approximate surface area is 294 Å². The summed E-state index contributed by atoms with van der Waals surface area (Å²) in [6.07, 6.45) is 2.99. The summed E-state index contributed by atoms with van der Waals surface area (Å²) in [5.74, 6) is 0.658. The van der Waals surface area contributed by atoms with Crippen LogP contribution in [0.25, 0.3) is 45.2 Å². The summed E-state index contributed by atoms with van der Waals surface area (Å²) >= 11 is 0. The number of nitrogens with zero attached hydrogens (tertiary/aromatic N) is 12. The maximum absolute atomic E-state index is 12.2. The van der Waals surface area contributed by atoms with Gasteiger partial charge >= 0.3 is 0 Å². The Morgan fingerprint density at radius 3 is 1.75 bits per heavy atom. The third-order valence-corrected chi connectivity index (χ3v) is 7.34. The zero-order chi connectivity index (χ0) is 37.1. The Bertz CT molecular complexity index is 2570. The van der Waals surface area contributed by atoms with Crippen LogP contribution in [-0.2, 0) is 17.9 Å². The molecule has 6 heterocycles. The van der Waals surface area contributed by atoms with Crippen molar-refractivity contribution in [1.82, 2.24) is 49.9 Å². The number of rotatable bonds is 9. The first-order chi connectivity index (χ1) is 25.6. The van der Waals surface area contributed by atoms with E-state index >= 15 is 0 Å². The second-order valence-electron chi connectivity index (χ2n) is 10.9. The second kappa shape index (κ2) is 14.0. The average molecular weight is 718 g/mol. The van der Waals surface area contributed by atoms with Crippen LogP contribution in [0, 0.1) is 20.2 Å². The lowest BCUT2D eigenvalue weighted by molar-refractivity contribution is -0.394. The molecule has 0 radical (unpaired) electrons. The molecule has 8 aromatic rings. The predicted molar refractivity (Wildman–Crippen MR) is 184 cm³/mol. The summed E-state index contributed by atoms with van der Waals surface area (Å²) < 4.78 is 13.4. The average Bonchev–Trinajstić information content (AvgIpc) is 3.98. The van der Waals surface area contributed by atoms with Gasteiger partial charge in [0.1, 0.15) is 17.9 Å². The summed E-state index contributed by atoms with van der Waals surface area (Å²) in [5, 5.41) is 41.0. The highest BCUT2D eigenvalue weighted by atomic mass is 16.6. The third kappa shape index (κ3) is 7.11. The van der Waals surface area contributed by atoms with E-state index in [1.807, 2.05) is 18.2 Å². The van der Waals surface area contributed by atoms with E-state index in [9.17, 15) is 25.0 Å². The van der Waals surface area contributed by atoms with E-state index in [1.165, 1.54) is 34.0 Å². The number of amides is 1. The standard InChI is InChI=1S/C16H13N7O2.C15H10N8O5/c17-16-19-13(11-7-4-8-25-11)14-15(20-16)23(22-21-14)9-12(24)18-10-5-2-1-3-6-10;16-15-17-12(11-2-1-3-28-11)13-14(18-15)21(20-19-13)7-8-4-9(22(24)25)6-10(5-8)23(26)27/h1-8H,9H2,(H,18,24)(H2,17,19,20);1-6H,7H2,(H2,16,17,18). The Morgan fingerprint density at radius 2 is 1.25 bits per heavy atom. The van der Waals surface area contributed by atoms with Gasteiger partial charge in [-0.1, -0.05) is 28.6 Å². The Kier molecular flexibility index (Phi) is 8.79. The maximum Gasteiger partial charge on any atom is 0.276 e. The third-order valence-electron chi connectivity index (χ3n) is 7.34. The number of non-ortho nitro benzene ring substituents is 2. The number of carbonyl (C=O) groups is 1. The molecule has 0 atom stereocenters. The molecular weight excluding hydrogens is 694 g/mol. The number of benzene rings is 2. The molecule has 8 rings (SSSR count). The minimum Gasteiger partial charge on any atom is -0.463 e. The number of aromatic nitrogens is 10. The largest absolute Gasteiger partial charge is 0.463 e. The van der Waals surface area contributed by atoms with Crippen molar-refractivity contribution in [2.24, 2.45) is 0 Å². The van der Waals surface area contributed by atoms with Crippen LogP contribution < -0.4 is 16.8 Å². The number of nitro benzene ring substituents is 2. The Hall–Kier alpha value is -8.17. The van der Waals surface area contributed by atoms with Gasteiger partial charge in [-0.05, 0) is 42.0 Å². The van der Waals surface area contributed by atoms with Crippen LogP contribution in [0.1, 0.15) is 5.56 Å². The summed E-state index contributed by atoms with van der Waals surface area (Å²) in [4.78, 5) is 49.5. The van der Waals surface area contributed by atoms with E-state index in [0.717, 1.165) is 6.07 Å². The fourth-order valence-electron chi connectivity index (χ4n) is 5.12. The van der Waals surface area contributed by atoms with E-state index in [0.29, 0.717) is 45.3 Å². The predicted octanol–water partition coefficient (Wildman–Crippen LogP) is 3.63. The van der Waals surface area contributed by atoms with Crippen molar-refractivity contribution in [2.45, 2.75) is 13.1 Å². The van der Waals surface area contributed by atoms with Crippen molar-refractivity contribution in [2.75, 3.05) is 16.8 Å². The van der Waals surface area contributed by atoms with Gasteiger partial charge in [-0.3, -0.25) is 25.0 Å². The first-order valence-electron chi connectivity index (χ1n) is 15.2. The molecule has 2 aromatic carbocycles. The number of furan rings is 2. The van der Waals surface area contributed by atoms with Crippen molar-refractivity contribution in [1.29, 1.82) is 0 Å². The molecule has 22 nitrogen and oxygen atoms in total. The molecule has 0 aliphatic rings. The molecule has 22 heteroatoms. The monoisotopic (exact) mass is 717 g/mol. The van der Waals surface area contributed by atoms with Crippen LogP contribution >= 0.6 is 0 Å². The topological polar surface area (TPSA) is 307 Å². The number of nitro groups is 2. The van der Waals surface area contributed by atoms with Gasteiger partial charge in [-0.25, -0.2) is 19.3 Å². The lowest BCUT2D eigenvalue weighted by Crippen LogP contribution is -2.20. The van der Waals surface area contributed by atoms with Gasteiger partial charge in [0.15, 0.2) is 33.8 Å². The Balaban J connectivity index is 0.000000165. The lowest BCUT2D eigenvalue weighted by Gasteiger charge is -2.05. The van der Waals surface area contributed by atoms with E-state index in [4.69, 9.17) is 20.3 Å². The summed E-state index contributed by atoms with van der Waals surface area (Å²) in [7, 11) is 0. The number of fused-ring (bicyclic) bond motifs is 2. The highest BCUT2D eigenvalue weighted by Crippen LogP contribution is 2.28. The zero-order valence-corrected chi connectivity index (χ0v) is 26.9. The maximum atomic E-state index is 12.2. The summed E-state index contributed by atoms with van der Waals surface area (Å²) in [5.41, 5.74) is 13.8. The molecule has 264 valence electrons. The first-order valence-corrected chi connectivity index (χ1v) is 15.2. The number of hydrogen-bond acceptors (Lipinski definition) is 17. The van der Waals surface area contributed by atoms with Gasteiger partial charge in [-0.2, -0.15) is 9.97 Å². The van der Waals surface area contributed by atoms with Gasteiger partial charge in [0, 0.05) is 17.8 Å². The fourth-order valence-corrected chi connectivity index (χ4v) is 5.12. The molecule has 0 bridgehead atoms. The van der Waals surface area contributed by atoms with Crippen molar-refractivity contribution >= 4 is 57.2 Å². The van der Waals surface area contributed by atoms with Gasteiger partial charge in [0.05, 0.1) is 35.0 Å². The van der Waals surface area contributed by atoms with Crippen LogP contribution in [0.3, 0.4) is 0 Å². The minimum atomic E-state index is -0.703. The minimum absolute atomic E-state index is 0.0471. The first kappa shape index (κ1) is 33.3. The molecule has 1 amide bonds. The van der Waals surface area contributed by atoms with E-state index < -0.39 is 21.2 Å². The van der Waals surface area contributed by atoms with Gasteiger partial charge in [-0.15, -0.1) is 10.2 Å². The Morgan fingerprint density at radius 1 is 0.717 bits per heavy atom. The molecule has 0 aliphatic heterocycles. The molecular formula is C31H23N15O7. The molecule has 0 saturated heterocycles. The van der Waals surface area contributed by atoms with Crippen molar-refractivity contribution in [3.05, 3.63) is 111 Å². The van der Waals surface area contributed by atoms with Crippen LogP contribution in [0.5, 0.6) is 0 Å². The fraction of sp³-hybridized carbons (Fsp3) is 0.0645. The second-order valence-corrected chi connectivity index (χ2v) is 10.9. The SMILES string of the molecule is Nc1nc(-c2ccco2)c2nnn(CC(=O)Nc3ccccc3)c2n1.Nc1nc(-c2ccco2)c2nnn(Cc3cc([N+](=O)[O-])cc([N+](=O)[O-])c3)c2n1. The van der Waals surface area contributed by atoms with E-state index in [1.54, 1.807) is 36.4 Å². The van der Waals surface area contributed by atoms with Crippen LogP contribution in [-0.4, -0.2) is 65.7 Å². The number of nitrogens with one attached hydrogen (secondary N) is 1. The van der Waals surface area contributed by atoms with Crippen LogP contribution in [0.2, 0.25) is 0 Å². The van der Waals surface area contributed by atoms with Gasteiger partial charge in [0.2, 0.25) is 17.8 Å². The quantitative estimate of drug-likeness (QED) is 0.142. The smallest absolute Gasteiger partial charge is 0.276 e. The van der Waals surface area contributed by atoms with E-state index in [-0.39, 0.29) is 42.1 Å². The summed E-state index contributed by atoms with van der Waals surface area (Å²) in [6, 6.07) is 19.3. The molecule has 0 unspecified atom stereocenters. The molecule has 0 aliphatic carbocycles. The normalized spacial score (nSPS) is 10.9. The number of para-hydroxylation sites is 1. The number of hydrogen-bond donors (Lipinski definition) is 3. The van der Waals surface area contributed by atoms with E-state index in [2.05, 4.69) is 45.9 Å². The van der Waals surface area contributed by atoms with Gasteiger partial charge in [0.25, 0.3) is 11.4 Å². The highest BCUT2D eigenvalue weighted by molar-refractivity contribution is 5.92. The number of carbonyl (C=O) groups excluding carboxylic acids is 1. The van der Waals surface area contributed by atoms with Gasteiger partial charge < -0.3 is 25.6 Å². The zero-order valence-electron chi connectivity index (χ0n) is 26.9. The summed E-state index contributed by atoms with van der Waals surface area (Å²) in [6.45, 7) is -0.105. The van der Waals surface area contributed by atoms with Crippen molar-refractivity contribution < 1.29 is 23.5 Å². The molecule has 0 saturated carbocycles. The van der Waals surface area contributed by atoms with Crippen LogP contribution in [0.4, 0.5) is 29.0 Å². The number of nitrogen functional groups attached to an aromatic ring is 2. The van der Waals surface area contributed by atoms with Crippen molar-refractivity contribution in [3.8, 4) is 22.9 Å². The molecule has 0 fully saturated rings. The van der Waals surface area contributed by atoms with Crippen molar-refractivity contribution in [3.63, 3.8) is 0 Å². The van der Waals surface area contributed by atoms with Crippen LogP contribution in [0.15, 0.2) is 94.2 Å².